The molecule has 0 saturated carbocycles. The third-order valence-electron chi connectivity index (χ3n) is 5.05. The molecule has 0 heterocycles. The van der Waals surface area contributed by atoms with E-state index in [0.717, 1.165) is 28.4 Å². The molecule has 0 aliphatic carbocycles. The van der Waals surface area contributed by atoms with E-state index < -0.39 is 0 Å². The van der Waals surface area contributed by atoms with Gasteiger partial charge in [-0.25, -0.2) is 0 Å². The van der Waals surface area contributed by atoms with Crippen molar-refractivity contribution in [3.05, 3.63) is 65.2 Å². The highest BCUT2D eigenvalue weighted by atomic mass is 32.2. The number of Topliss-reactive ketones (excluding diaryl/α,β-unsaturated/α-hetero) is 1. The summed E-state index contributed by atoms with van der Waals surface area (Å²) < 4.78 is 5.32. The van der Waals surface area contributed by atoms with E-state index >= 15 is 0 Å². The number of hydrogen-bond acceptors (Lipinski definition) is 2. The monoisotopic (exact) mass is 399 g/mol. The molecule has 2 rings (SSSR count). The molecule has 0 bridgehead atoms. The van der Waals surface area contributed by atoms with Crippen molar-refractivity contribution in [3.63, 3.8) is 0 Å². The number of carbonyl (C=O) groups excluding carboxylic acids is 1. The topological polar surface area (TPSA) is 26.3 Å². The van der Waals surface area contributed by atoms with Gasteiger partial charge in [-0.3, -0.25) is 4.79 Å². The molecule has 0 fully saturated rings. The fourth-order valence-corrected chi connectivity index (χ4v) is 5.62. The zero-order chi connectivity index (χ0) is 20.2. The zero-order valence-corrected chi connectivity index (χ0v) is 18.5. The first-order valence-corrected chi connectivity index (χ1v) is 12.2. The highest BCUT2D eigenvalue weighted by Crippen LogP contribution is 2.20. The van der Waals surface area contributed by atoms with Crippen molar-refractivity contribution in [1.82, 2.24) is 0 Å². The van der Waals surface area contributed by atoms with Crippen molar-refractivity contribution in [2.75, 3.05) is 18.6 Å². The summed E-state index contributed by atoms with van der Waals surface area (Å²) in [6.07, 6.45) is 7.80. The number of hydrogen-bond donors (Lipinski definition) is 0. The summed E-state index contributed by atoms with van der Waals surface area (Å²) >= 11 is 0. The average molecular weight is 400 g/mol. The van der Waals surface area contributed by atoms with Crippen LogP contribution < -0.4 is 4.74 Å². The minimum atomic E-state index is 0.0922. The molecule has 2 aromatic carbocycles. The summed E-state index contributed by atoms with van der Waals surface area (Å²) in [7, 11) is 1.76. The molecule has 0 spiro atoms. The number of unbranched alkanes of at least 4 members (excludes halogenated alkanes) is 5. The maximum atomic E-state index is 12.9. The fraction of sp³-hybridized carbons (Fsp3) is 0.480. The van der Waals surface area contributed by atoms with E-state index in [0.29, 0.717) is 5.75 Å². The predicted molar refractivity (Wildman–Crippen MR) is 123 cm³/mol. The maximum absolute atomic E-state index is 12.9. The Kier molecular flexibility index (Phi) is 10.2. The van der Waals surface area contributed by atoms with E-state index in [9.17, 15) is 4.79 Å². The minimum Gasteiger partial charge on any atom is -0.496 e. The molecule has 3 heteroatoms. The molecule has 0 aliphatic heterocycles. The second kappa shape index (κ2) is 12.7. The van der Waals surface area contributed by atoms with E-state index in [-0.39, 0.29) is 16.7 Å². The number of methoxy groups -OCH3 is 1. The molecule has 1 unspecified atom stereocenters. The highest BCUT2D eigenvalue weighted by Gasteiger charge is 2.24. The molecule has 0 aromatic heterocycles. The number of carbonyl (C=O) groups is 1. The SMILES string of the molecule is CCCCCCCC[S+](CC(=O)c1ccc(OC)c(C)c1)Cc1ccccc1. The molecular weight excluding hydrogens is 364 g/mol. The highest BCUT2D eigenvalue weighted by molar-refractivity contribution is 7.96. The normalized spacial score (nSPS) is 12.0. The van der Waals surface area contributed by atoms with Gasteiger partial charge in [-0.15, -0.1) is 0 Å². The third kappa shape index (κ3) is 7.71. The number of ketones is 1. The van der Waals surface area contributed by atoms with Gasteiger partial charge in [0.25, 0.3) is 0 Å². The van der Waals surface area contributed by atoms with Gasteiger partial charge in [0.15, 0.2) is 5.75 Å². The second-order valence-corrected chi connectivity index (χ2v) is 9.68. The van der Waals surface area contributed by atoms with Gasteiger partial charge in [0, 0.05) is 11.1 Å². The molecule has 0 amide bonds. The molecule has 2 nitrogen and oxygen atoms in total. The lowest BCUT2D eigenvalue weighted by molar-refractivity contribution is 0.102. The van der Waals surface area contributed by atoms with Gasteiger partial charge in [-0.2, -0.15) is 0 Å². The van der Waals surface area contributed by atoms with Gasteiger partial charge in [0.05, 0.1) is 7.11 Å². The van der Waals surface area contributed by atoms with Gasteiger partial charge in [0.2, 0.25) is 5.78 Å². The van der Waals surface area contributed by atoms with E-state index in [1.807, 2.05) is 25.1 Å². The summed E-state index contributed by atoms with van der Waals surface area (Å²) in [5.41, 5.74) is 3.18. The summed E-state index contributed by atoms with van der Waals surface area (Å²) in [4.78, 5) is 12.9. The van der Waals surface area contributed by atoms with Crippen LogP contribution in [0.5, 0.6) is 5.75 Å². The Balaban J connectivity index is 1.97. The zero-order valence-electron chi connectivity index (χ0n) is 17.7. The summed E-state index contributed by atoms with van der Waals surface area (Å²) in [6, 6.07) is 16.4. The van der Waals surface area contributed by atoms with E-state index in [1.165, 1.54) is 44.1 Å². The van der Waals surface area contributed by atoms with Crippen LogP contribution in [0.3, 0.4) is 0 Å². The summed E-state index contributed by atoms with van der Waals surface area (Å²) in [5.74, 6) is 3.91. The van der Waals surface area contributed by atoms with Gasteiger partial charge < -0.3 is 4.74 Å². The molecule has 0 radical (unpaired) electrons. The van der Waals surface area contributed by atoms with E-state index in [2.05, 4.69) is 37.3 Å². The van der Waals surface area contributed by atoms with Crippen molar-refractivity contribution in [3.8, 4) is 5.75 Å². The number of ether oxygens (including phenoxy) is 1. The Morgan fingerprint density at radius 2 is 1.68 bits per heavy atom. The average Bonchev–Trinajstić information content (AvgIpc) is 2.71. The fourth-order valence-electron chi connectivity index (χ4n) is 3.41. The Hall–Kier alpha value is -1.74. The Morgan fingerprint density at radius 1 is 0.964 bits per heavy atom. The Bertz CT molecular complexity index is 712. The quantitative estimate of drug-likeness (QED) is 0.222. The smallest absolute Gasteiger partial charge is 0.211 e. The lowest BCUT2D eigenvalue weighted by Crippen LogP contribution is -2.22. The number of rotatable bonds is 13. The Labute approximate surface area is 174 Å². The van der Waals surface area contributed by atoms with Gasteiger partial charge >= 0.3 is 0 Å². The van der Waals surface area contributed by atoms with Crippen LogP contribution in [0, 0.1) is 6.92 Å². The lowest BCUT2D eigenvalue weighted by Gasteiger charge is -2.10. The molecule has 0 N–H and O–H groups in total. The summed E-state index contributed by atoms with van der Waals surface area (Å²) in [6.45, 7) is 4.25. The maximum Gasteiger partial charge on any atom is 0.211 e. The van der Waals surface area contributed by atoms with Crippen LogP contribution in [0.2, 0.25) is 0 Å². The second-order valence-electron chi connectivity index (χ2n) is 7.47. The molecule has 1 atom stereocenters. The standard InChI is InChI=1S/C25H35O2S/c1-4-5-6-7-8-12-17-28(19-22-13-10-9-11-14-22)20-24(26)23-15-16-25(27-3)21(2)18-23/h9-11,13-16,18H,4-8,12,17,19-20H2,1-3H3/q+1. The van der Waals surface area contributed by atoms with Crippen molar-refractivity contribution in [2.45, 2.75) is 58.1 Å². The van der Waals surface area contributed by atoms with Gasteiger partial charge in [-0.1, -0.05) is 62.9 Å². The van der Waals surface area contributed by atoms with Crippen molar-refractivity contribution < 1.29 is 9.53 Å². The summed E-state index contributed by atoms with van der Waals surface area (Å²) in [5, 5.41) is 0. The van der Waals surface area contributed by atoms with Gasteiger partial charge in [-0.05, 0) is 54.4 Å². The number of aryl methyl sites for hydroxylation is 1. The van der Waals surface area contributed by atoms with Crippen molar-refractivity contribution >= 4 is 16.7 Å². The van der Waals surface area contributed by atoms with E-state index in [1.54, 1.807) is 7.11 Å². The van der Waals surface area contributed by atoms with Crippen LogP contribution in [0.25, 0.3) is 0 Å². The molecule has 28 heavy (non-hydrogen) atoms. The van der Waals surface area contributed by atoms with Crippen LogP contribution in [0.4, 0.5) is 0 Å². The molecule has 152 valence electrons. The van der Waals surface area contributed by atoms with Crippen LogP contribution in [0.1, 0.15) is 66.9 Å². The molecule has 0 saturated heterocycles. The van der Waals surface area contributed by atoms with Crippen molar-refractivity contribution in [1.29, 1.82) is 0 Å². The van der Waals surface area contributed by atoms with E-state index in [4.69, 9.17) is 4.74 Å². The first-order valence-electron chi connectivity index (χ1n) is 10.5. The van der Waals surface area contributed by atoms with Crippen LogP contribution in [0.15, 0.2) is 48.5 Å². The molecular formula is C25H35O2S+. The third-order valence-corrected chi connectivity index (χ3v) is 7.33. The predicted octanol–water partition coefficient (Wildman–Crippen LogP) is 6.37. The first kappa shape index (κ1) is 22.5. The largest absolute Gasteiger partial charge is 0.496 e. The number of benzene rings is 2. The molecule has 0 aliphatic rings. The van der Waals surface area contributed by atoms with Gasteiger partial charge in [0.1, 0.15) is 17.3 Å². The van der Waals surface area contributed by atoms with Crippen LogP contribution in [-0.4, -0.2) is 24.4 Å². The Morgan fingerprint density at radius 3 is 2.36 bits per heavy atom. The molecule has 2 aromatic rings. The minimum absolute atomic E-state index is 0.0922. The van der Waals surface area contributed by atoms with Crippen LogP contribution in [-0.2, 0) is 16.6 Å². The van der Waals surface area contributed by atoms with Crippen molar-refractivity contribution in [2.24, 2.45) is 0 Å². The van der Waals surface area contributed by atoms with Crippen LogP contribution >= 0.6 is 0 Å². The lowest BCUT2D eigenvalue weighted by atomic mass is 10.1. The first-order chi connectivity index (χ1) is 13.6.